The number of halogens is 1. The Morgan fingerprint density at radius 3 is 2.74 bits per heavy atom. The number of fused-ring (bicyclic) bond motifs is 2. The lowest BCUT2D eigenvalue weighted by molar-refractivity contribution is 0.917. The molecule has 4 aromatic rings. The number of nitrogens with zero attached hydrogens (tertiary/aromatic N) is 1. The number of benzene rings is 2. The molecule has 5 heteroatoms. The molecule has 0 bridgehead atoms. The van der Waals surface area contributed by atoms with E-state index in [0.717, 1.165) is 21.3 Å². The monoisotopic (exact) mass is 340 g/mol. The Hall–Kier alpha value is -2.17. The molecule has 0 aliphatic rings. The second-order valence-electron chi connectivity index (χ2n) is 5.46. The summed E-state index contributed by atoms with van der Waals surface area (Å²) in [5.74, 6) is 0.510. The van der Waals surface area contributed by atoms with Crippen LogP contribution in [0, 0.1) is 0 Å². The molecule has 114 valence electrons. The fourth-order valence-electron chi connectivity index (χ4n) is 2.72. The van der Waals surface area contributed by atoms with Crippen LogP contribution < -0.4 is 5.56 Å². The van der Waals surface area contributed by atoms with Gasteiger partial charge < -0.3 is 4.98 Å². The van der Waals surface area contributed by atoms with Gasteiger partial charge in [0.1, 0.15) is 10.7 Å². The first-order chi connectivity index (χ1) is 11.1. The first-order valence-electron chi connectivity index (χ1n) is 7.28. The van der Waals surface area contributed by atoms with Crippen molar-refractivity contribution in [1.29, 1.82) is 0 Å². The number of nitrogens with one attached hydrogen (secondary N) is 1. The zero-order valence-electron chi connectivity index (χ0n) is 12.3. The topological polar surface area (TPSA) is 45.8 Å². The molecule has 4 rings (SSSR count). The van der Waals surface area contributed by atoms with E-state index in [1.54, 1.807) is 6.92 Å². The highest BCUT2D eigenvalue weighted by Gasteiger charge is 2.14. The van der Waals surface area contributed by atoms with E-state index in [4.69, 9.17) is 11.6 Å². The minimum Gasteiger partial charge on any atom is -0.309 e. The van der Waals surface area contributed by atoms with E-state index in [1.165, 1.54) is 16.7 Å². The molecule has 3 nitrogen and oxygen atoms in total. The number of rotatable bonds is 2. The molecule has 23 heavy (non-hydrogen) atoms. The first-order valence-corrected chi connectivity index (χ1v) is 8.60. The van der Waals surface area contributed by atoms with Crippen LogP contribution >= 0.6 is 22.9 Å². The highest BCUT2D eigenvalue weighted by Crippen LogP contribution is 2.33. The van der Waals surface area contributed by atoms with Gasteiger partial charge in [-0.3, -0.25) is 4.79 Å². The van der Waals surface area contributed by atoms with Gasteiger partial charge in [-0.2, -0.15) is 0 Å². The summed E-state index contributed by atoms with van der Waals surface area (Å²) < 4.78 is 0. The maximum Gasteiger partial charge on any atom is 0.260 e. The molecular weight excluding hydrogens is 328 g/mol. The number of aromatic amines is 1. The molecule has 0 aliphatic heterocycles. The fourth-order valence-corrected chi connectivity index (χ4v) is 3.78. The summed E-state index contributed by atoms with van der Waals surface area (Å²) in [4.78, 5) is 20.5. The Labute approximate surface area is 141 Å². The fraction of sp³-hybridized carbons (Fsp3) is 0.111. The summed E-state index contributed by atoms with van der Waals surface area (Å²) in [6, 6.07) is 14.4. The SMILES string of the molecule is CC(Cl)c1nc2scc(-c3ccc4ccccc4c3)c2c(=O)[nH]1. The molecule has 2 heterocycles. The van der Waals surface area contributed by atoms with Crippen LogP contribution in [0.3, 0.4) is 0 Å². The van der Waals surface area contributed by atoms with Crippen molar-refractivity contribution in [2.45, 2.75) is 12.3 Å². The van der Waals surface area contributed by atoms with Crippen molar-refractivity contribution >= 4 is 43.9 Å². The van der Waals surface area contributed by atoms with Gasteiger partial charge in [0.2, 0.25) is 0 Å². The summed E-state index contributed by atoms with van der Waals surface area (Å²) >= 11 is 7.51. The van der Waals surface area contributed by atoms with E-state index < -0.39 is 0 Å². The predicted molar refractivity (Wildman–Crippen MR) is 97.5 cm³/mol. The Kier molecular flexibility index (Phi) is 3.43. The molecule has 1 unspecified atom stereocenters. The van der Waals surface area contributed by atoms with Gasteiger partial charge >= 0.3 is 0 Å². The number of hydrogen-bond acceptors (Lipinski definition) is 3. The summed E-state index contributed by atoms with van der Waals surface area (Å²) in [5.41, 5.74) is 1.80. The average molecular weight is 341 g/mol. The molecular formula is C18H13ClN2OS. The van der Waals surface area contributed by atoms with Crippen LogP contribution in [0.4, 0.5) is 0 Å². The summed E-state index contributed by atoms with van der Waals surface area (Å²) in [6.45, 7) is 1.80. The van der Waals surface area contributed by atoms with Crippen LogP contribution in [0.15, 0.2) is 52.6 Å². The lowest BCUT2D eigenvalue weighted by Gasteiger charge is -2.04. The minimum atomic E-state index is -0.321. The summed E-state index contributed by atoms with van der Waals surface area (Å²) in [6.07, 6.45) is 0. The van der Waals surface area contributed by atoms with E-state index >= 15 is 0 Å². The van der Waals surface area contributed by atoms with Gasteiger partial charge in [0.15, 0.2) is 0 Å². The van der Waals surface area contributed by atoms with Crippen molar-refractivity contribution in [2.75, 3.05) is 0 Å². The van der Waals surface area contributed by atoms with Crippen LogP contribution in [0.5, 0.6) is 0 Å². The lowest BCUT2D eigenvalue weighted by Crippen LogP contribution is -2.11. The van der Waals surface area contributed by atoms with Crippen molar-refractivity contribution in [3.05, 3.63) is 64.0 Å². The number of alkyl halides is 1. The van der Waals surface area contributed by atoms with E-state index in [0.29, 0.717) is 11.2 Å². The molecule has 0 amide bonds. The average Bonchev–Trinajstić information content (AvgIpc) is 2.99. The van der Waals surface area contributed by atoms with Gasteiger partial charge in [-0.05, 0) is 29.3 Å². The molecule has 0 aliphatic carbocycles. The van der Waals surface area contributed by atoms with Gasteiger partial charge in [0.25, 0.3) is 5.56 Å². The predicted octanol–water partition coefficient (Wildman–Crippen LogP) is 5.10. The summed E-state index contributed by atoms with van der Waals surface area (Å²) in [5, 5.41) is 4.63. The largest absolute Gasteiger partial charge is 0.309 e. The molecule has 0 saturated heterocycles. The smallest absolute Gasteiger partial charge is 0.260 e. The zero-order valence-corrected chi connectivity index (χ0v) is 13.9. The second-order valence-corrected chi connectivity index (χ2v) is 6.97. The van der Waals surface area contributed by atoms with Crippen molar-refractivity contribution in [1.82, 2.24) is 9.97 Å². The minimum absolute atomic E-state index is 0.137. The standard InChI is InChI=1S/C18H13ClN2OS/c1-10(19)16-20-17(22)15-14(9-23-18(15)21-16)13-7-6-11-4-2-3-5-12(11)8-13/h2-10H,1H3,(H,20,21,22). The van der Waals surface area contributed by atoms with Crippen molar-refractivity contribution in [2.24, 2.45) is 0 Å². The summed E-state index contributed by atoms with van der Waals surface area (Å²) in [7, 11) is 0. The van der Waals surface area contributed by atoms with E-state index in [1.807, 2.05) is 23.6 Å². The first kappa shape index (κ1) is 14.4. The number of aromatic nitrogens is 2. The number of hydrogen-bond donors (Lipinski definition) is 1. The molecule has 1 N–H and O–H groups in total. The van der Waals surface area contributed by atoms with Gasteiger partial charge in [-0.25, -0.2) is 4.98 Å². The number of H-pyrrole nitrogens is 1. The second kappa shape index (κ2) is 5.48. The quantitative estimate of drug-likeness (QED) is 0.516. The van der Waals surface area contributed by atoms with E-state index in [9.17, 15) is 4.79 Å². The molecule has 0 saturated carbocycles. The molecule has 2 aromatic heterocycles. The van der Waals surface area contributed by atoms with Crippen LogP contribution in [0.25, 0.3) is 32.1 Å². The highest BCUT2D eigenvalue weighted by atomic mass is 35.5. The lowest BCUT2D eigenvalue weighted by atomic mass is 10.0. The van der Waals surface area contributed by atoms with Crippen LogP contribution in [-0.2, 0) is 0 Å². The molecule has 2 aromatic carbocycles. The van der Waals surface area contributed by atoms with E-state index in [-0.39, 0.29) is 10.9 Å². The highest BCUT2D eigenvalue weighted by molar-refractivity contribution is 7.17. The maximum absolute atomic E-state index is 12.5. The van der Waals surface area contributed by atoms with Crippen molar-refractivity contribution < 1.29 is 0 Å². The van der Waals surface area contributed by atoms with Crippen LogP contribution in [-0.4, -0.2) is 9.97 Å². The molecule has 1 atom stereocenters. The number of thiophene rings is 1. The van der Waals surface area contributed by atoms with Crippen molar-refractivity contribution in [3.8, 4) is 11.1 Å². The molecule has 0 fully saturated rings. The Balaban J connectivity index is 1.96. The molecule has 0 radical (unpaired) electrons. The van der Waals surface area contributed by atoms with Gasteiger partial charge in [0, 0.05) is 10.9 Å². The van der Waals surface area contributed by atoms with E-state index in [2.05, 4.69) is 34.2 Å². The molecule has 0 spiro atoms. The maximum atomic E-state index is 12.5. The third-order valence-electron chi connectivity index (χ3n) is 3.90. The van der Waals surface area contributed by atoms with Gasteiger partial charge in [-0.1, -0.05) is 36.4 Å². The van der Waals surface area contributed by atoms with Gasteiger partial charge in [0.05, 0.1) is 10.8 Å². The van der Waals surface area contributed by atoms with Crippen LogP contribution in [0.2, 0.25) is 0 Å². The third kappa shape index (κ3) is 2.44. The Bertz CT molecular complexity index is 1080. The van der Waals surface area contributed by atoms with Crippen molar-refractivity contribution in [3.63, 3.8) is 0 Å². The Morgan fingerprint density at radius 1 is 1.17 bits per heavy atom. The normalized spacial score (nSPS) is 12.8. The third-order valence-corrected chi connectivity index (χ3v) is 4.98. The van der Waals surface area contributed by atoms with Crippen LogP contribution in [0.1, 0.15) is 18.1 Å². The zero-order chi connectivity index (χ0) is 16.0. The Morgan fingerprint density at radius 2 is 1.96 bits per heavy atom. The van der Waals surface area contributed by atoms with Gasteiger partial charge in [-0.15, -0.1) is 22.9 Å².